The summed E-state index contributed by atoms with van der Waals surface area (Å²) in [5, 5.41) is 0. The van der Waals surface area contributed by atoms with Crippen molar-refractivity contribution in [2.24, 2.45) is 5.92 Å². The summed E-state index contributed by atoms with van der Waals surface area (Å²) in [6.07, 6.45) is 0.166. The van der Waals surface area contributed by atoms with Gasteiger partial charge in [-0.05, 0) is 37.1 Å². The van der Waals surface area contributed by atoms with E-state index in [0.717, 1.165) is 27.9 Å². The minimum absolute atomic E-state index is 0.0461. The Morgan fingerprint density at radius 1 is 0.966 bits per heavy atom. The fourth-order valence-corrected chi connectivity index (χ4v) is 3.81. The zero-order valence-corrected chi connectivity index (χ0v) is 16.6. The molecule has 1 amide bonds. The lowest BCUT2D eigenvalue weighted by Gasteiger charge is -2.19. The highest BCUT2D eigenvalue weighted by atomic mass is 16.5. The molecule has 4 rings (SSSR count). The Bertz CT molecular complexity index is 1060. The maximum atomic E-state index is 12.9. The predicted molar refractivity (Wildman–Crippen MR) is 114 cm³/mol. The Morgan fingerprint density at radius 3 is 2.45 bits per heavy atom. The van der Waals surface area contributed by atoms with Gasteiger partial charge in [-0.3, -0.25) is 9.59 Å². The zero-order valence-electron chi connectivity index (χ0n) is 16.6. The van der Waals surface area contributed by atoms with Gasteiger partial charge in [-0.25, -0.2) is 0 Å². The van der Waals surface area contributed by atoms with Crippen LogP contribution in [0.4, 0.5) is 5.69 Å². The van der Waals surface area contributed by atoms with E-state index >= 15 is 0 Å². The number of carbonyl (C=O) groups excluding carboxylic acids is 2. The topological polar surface area (TPSA) is 46.6 Å². The second kappa shape index (κ2) is 7.92. The third-order valence-electron chi connectivity index (χ3n) is 5.28. The van der Waals surface area contributed by atoms with Crippen LogP contribution >= 0.6 is 0 Å². The average Bonchev–Trinajstić information content (AvgIpc) is 3.11. The second-order valence-corrected chi connectivity index (χ2v) is 7.48. The van der Waals surface area contributed by atoms with Gasteiger partial charge in [-0.2, -0.15) is 0 Å². The Morgan fingerprint density at radius 2 is 1.69 bits per heavy atom. The molecule has 3 aromatic rings. The quantitative estimate of drug-likeness (QED) is 0.473. The number of amides is 1. The van der Waals surface area contributed by atoms with E-state index < -0.39 is 5.92 Å². The van der Waals surface area contributed by atoms with Gasteiger partial charge in [0.05, 0.1) is 5.92 Å². The normalized spacial score (nSPS) is 16.1. The molecule has 0 spiro atoms. The van der Waals surface area contributed by atoms with E-state index in [9.17, 15) is 9.59 Å². The maximum Gasteiger partial charge on any atom is 0.316 e. The summed E-state index contributed by atoms with van der Waals surface area (Å²) in [6.45, 7) is 4.35. The Kier molecular flexibility index (Phi) is 5.17. The monoisotopic (exact) mass is 385 g/mol. The predicted octanol–water partition coefficient (Wildman–Crippen LogP) is 4.93. The van der Waals surface area contributed by atoms with Crippen LogP contribution in [-0.4, -0.2) is 18.4 Å². The molecule has 0 aliphatic carbocycles. The first-order chi connectivity index (χ1) is 14.0. The summed E-state index contributed by atoms with van der Waals surface area (Å²) in [7, 11) is 0. The van der Waals surface area contributed by atoms with E-state index in [2.05, 4.69) is 0 Å². The molecule has 0 saturated carbocycles. The van der Waals surface area contributed by atoms with Crippen molar-refractivity contribution in [2.75, 3.05) is 11.4 Å². The van der Waals surface area contributed by atoms with E-state index in [-0.39, 0.29) is 18.3 Å². The van der Waals surface area contributed by atoms with Crippen molar-refractivity contribution in [3.8, 4) is 16.9 Å². The van der Waals surface area contributed by atoms with Crippen molar-refractivity contribution in [3.63, 3.8) is 0 Å². The molecule has 0 unspecified atom stereocenters. The molecule has 1 saturated heterocycles. The third kappa shape index (κ3) is 3.92. The minimum atomic E-state index is -0.480. The minimum Gasteiger partial charge on any atom is -0.426 e. The van der Waals surface area contributed by atoms with Crippen molar-refractivity contribution >= 4 is 17.6 Å². The Balaban J connectivity index is 1.53. The molecule has 1 aliphatic rings. The first-order valence-electron chi connectivity index (χ1n) is 9.76. The number of ether oxygens (including phenoxy) is 1. The fraction of sp³-hybridized carbons (Fsp3) is 0.200. The van der Waals surface area contributed by atoms with Crippen LogP contribution < -0.4 is 9.64 Å². The van der Waals surface area contributed by atoms with Gasteiger partial charge >= 0.3 is 5.97 Å². The molecule has 3 aromatic carbocycles. The van der Waals surface area contributed by atoms with Gasteiger partial charge in [0.25, 0.3) is 0 Å². The fourth-order valence-electron chi connectivity index (χ4n) is 3.81. The van der Waals surface area contributed by atoms with Gasteiger partial charge < -0.3 is 9.64 Å². The highest BCUT2D eigenvalue weighted by Crippen LogP contribution is 2.32. The molecule has 1 heterocycles. The Labute approximate surface area is 170 Å². The number of para-hydroxylation sites is 1. The van der Waals surface area contributed by atoms with E-state index in [4.69, 9.17) is 4.74 Å². The van der Waals surface area contributed by atoms with Crippen LogP contribution in [0.3, 0.4) is 0 Å². The van der Waals surface area contributed by atoms with Gasteiger partial charge in [-0.1, -0.05) is 66.2 Å². The number of aryl methyl sites for hydroxylation is 2. The number of benzene rings is 3. The van der Waals surface area contributed by atoms with E-state index in [1.807, 2.05) is 80.6 Å². The zero-order chi connectivity index (χ0) is 20.4. The van der Waals surface area contributed by atoms with Crippen molar-refractivity contribution in [1.29, 1.82) is 0 Å². The summed E-state index contributed by atoms with van der Waals surface area (Å²) in [5.74, 6) is -0.377. The lowest BCUT2D eigenvalue weighted by atomic mass is 10.0. The molecule has 146 valence electrons. The summed E-state index contributed by atoms with van der Waals surface area (Å²) < 4.78 is 5.75. The molecule has 29 heavy (non-hydrogen) atoms. The van der Waals surface area contributed by atoms with Crippen LogP contribution in [0.15, 0.2) is 72.8 Å². The average molecular weight is 385 g/mol. The maximum absolute atomic E-state index is 12.9. The van der Waals surface area contributed by atoms with Gasteiger partial charge in [0, 0.05) is 24.2 Å². The first kappa shape index (κ1) is 18.9. The number of carbonyl (C=O) groups is 2. The van der Waals surface area contributed by atoms with Crippen LogP contribution in [0.5, 0.6) is 5.75 Å². The van der Waals surface area contributed by atoms with Crippen LogP contribution in [0.1, 0.15) is 17.5 Å². The van der Waals surface area contributed by atoms with Crippen molar-refractivity contribution in [1.82, 2.24) is 0 Å². The number of hydrogen-bond acceptors (Lipinski definition) is 3. The van der Waals surface area contributed by atoms with E-state index in [0.29, 0.717) is 12.3 Å². The van der Waals surface area contributed by atoms with Gasteiger partial charge in [0.2, 0.25) is 5.91 Å². The number of esters is 1. The Hall–Kier alpha value is -3.40. The van der Waals surface area contributed by atoms with Crippen molar-refractivity contribution < 1.29 is 14.3 Å². The van der Waals surface area contributed by atoms with Crippen LogP contribution in [0, 0.1) is 19.8 Å². The molecule has 0 aromatic heterocycles. The number of hydrogen-bond donors (Lipinski definition) is 0. The first-order valence-corrected chi connectivity index (χ1v) is 9.76. The van der Waals surface area contributed by atoms with E-state index in [1.54, 1.807) is 11.0 Å². The summed E-state index contributed by atoms with van der Waals surface area (Å²) in [5.41, 5.74) is 4.88. The number of rotatable bonds is 4. The van der Waals surface area contributed by atoms with E-state index in [1.165, 1.54) is 0 Å². The van der Waals surface area contributed by atoms with Gasteiger partial charge in [-0.15, -0.1) is 0 Å². The third-order valence-corrected chi connectivity index (χ3v) is 5.28. The van der Waals surface area contributed by atoms with Crippen LogP contribution in [-0.2, 0) is 9.59 Å². The number of nitrogens with zero attached hydrogens (tertiary/aromatic N) is 1. The molecule has 4 nitrogen and oxygen atoms in total. The van der Waals surface area contributed by atoms with Crippen molar-refractivity contribution in [3.05, 3.63) is 83.9 Å². The van der Waals surface area contributed by atoms with Crippen LogP contribution in [0.2, 0.25) is 0 Å². The molecule has 1 fully saturated rings. The lowest BCUT2D eigenvalue weighted by Crippen LogP contribution is -2.28. The highest BCUT2D eigenvalue weighted by molar-refractivity contribution is 6.00. The molecular formula is C25H23NO3. The second-order valence-electron chi connectivity index (χ2n) is 7.48. The number of anilines is 1. The SMILES string of the molecule is Cc1ccc(N2C[C@H](C(=O)Oc3ccccc3-c3ccccc3)CC2=O)c(C)c1. The lowest BCUT2D eigenvalue weighted by molar-refractivity contribution is -0.139. The molecule has 0 radical (unpaired) electrons. The van der Waals surface area contributed by atoms with Crippen molar-refractivity contribution in [2.45, 2.75) is 20.3 Å². The molecule has 0 bridgehead atoms. The standard InChI is InChI=1S/C25H23NO3/c1-17-12-13-22(18(2)14-17)26-16-20(15-24(26)27)25(28)29-23-11-7-6-10-21(23)19-8-4-3-5-9-19/h3-14,20H,15-16H2,1-2H3/t20-/m1/s1. The summed E-state index contributed by atoms with van der Waals surface area (Å²) in [4.78, 5) is 27.1. The summed E-state index contributed by atoms with van der Waals surface area (Å²) >= 11 is 0. The molecule has 4 heteroatoms. The van der Waals surface area contributed by atoms with Gasteiger partial charge in [0.1, 0.15) is 5.75 Å². The molecule has 0 N–H and O–H groups in total. The van der Waals surface area contributed by atoms with Gasteiger partial charge in [0.15, 0.2) is 0 Å². The van der Waals surface area contributed by atoms with Crippen LogP contribution in [0.25, 0.3) is 11.1 Å². The molecular weight excluding hydrogens is 362 g/mol. The molecule has 1 aliphatic heterocycles. The molecule has 1 atom stereocenters. The highest BCUT2D eigenvalue weighted by Gasteiger charge is 2.37. The summed E-state index contributed by atoms with van der Waals surface area (Å²) in [6, 6.07) is 23.3. The smallest absolute Gasteiger partial charge is 0.316 e. The largest absolute Gasteiger partial charge is 0.426 e.